The zero-order valence-electron chi connectivity index (χ0n) is 31.0. The van der Waals surface area contributed by atoms with E-state index in [1.54, 1.807) is 9.80 Å². The van der Waals surface area contributed by atoms with Crippen LogP contribution >= 0.6 is 0 Å². The topological polar surface area (TPSA) is 79.7 Å². The number of benzene rings is 5. The van der Waals surface area contributed by atoms with Crippen LogP contribution in [0.5, 0.6) is 0 Å². The van der Waals surface area contributed by atoms with E-state index in [9.17, 15) is 18.4 Å². The summed E-state index contributed by atoms with van der Waals surface area (Å²) in [7, 11) is 0. The number of amides is 1. The Morgan fingerprint density at radius 3 is 2.07 bits per heavy atom. The number of carbonyl (C=O) groups is 2. The number of hydrogen-bond donors (Lipinski definition) is 1. The maximum absolute atomic E-state index is 14.9. The van der Waals surface area contributed by atoms with Crippen molar-refractivity contribution in [1.82, 2.24) is 15.2 Å². The molecule has 1 aromatic heterocycles. The summed E-state index contributed by atoms with van der Waals surface area (Å²) < 4.78 is 34.4. The van der Waals surface area contributed by atoms with Crippen molar-refractivity contribution < 1.29 is 23.1 Å². The smallest absolute Gasteiger partial charge is 0.324 e. The fraction of sp³-hybridized carbons (Fsp3) is 0.283. The SMILES string of the molecule is O=C(OCc1ccccc1)[C@@H]1NCCC12CCN(n1nc(C(c3ccccc3)(c3ccccc3)c3cccc(N4CCC(F)(F)CC4)c3)c3ccccc31)C2=O. The lowest BCUT2D eigenvalue weighted by Gasteiger charge is -2.37. The number of carbonyl (C=O) groups excluding carboxylic acids is 2. The number of rotatable bonds is 9. The Morgan fingerprint density at radius 1 is 0.750 bits per heavy atom. The Morgan fingerprint density at radius 2 is 1.38 bits per heavy atom. The summed E-state index contributed by atoms with van der Waals surface area (Å²) >= 11 is 0. The molecule has 0 bridgehead atoms. The first-order chi connectivity index (χ1) is 27.3. The quantitative estimate of drug-likeness (QED) is 0.121. The van der Waals surface area contributed by atoms with E-state index >= 15 is 0 Å². The molecule has 8 nitrogen and oxygen atoms in total. The summed E-state index contributed by atoms with van der Waals surface area (Å²) in [4.78, 5) is 32.3. The number of para-hydroxylation sites is 1. The van der Waals surface area contributed by atoms with Crippen LogP contribution in [0.15, 0.2) is 140 Å². The molecule has 3 aliphatic heterocycles. The van der Waals surface area contributed by atoms with Gasteiger partial charge in [-0.1, -0.05) is 121 Å². The first kappa shape index (κ1) is 35.8. The van der Waals surface area contributed by atoms with Gasteiger partial charge in [0.1, 0.15) is 12.6 Å². The van der Waals surface area contributed by atoms with Crippen molar-refractivity contribution in [2.75, 3.05) is 36.1 Å². The lowest BCUT2D eigenvalue weighted by molar-refractivity contribution is -0.152. The molecule has 6 aromatic rings. The molecule has 0 aliphatic carbocycles. The van der Waals surface area contributed by atoms with Crippen LogP contribution in [0.25, 0.3) is 10.9 Å². The highest BCUT2D eigenvalue weighted by Crippen LogP contribution is 2.49. The molecule has 284 valence electrons. The molecule has 1 spiro atoms. The number of nitrogens with zero attached hydrogens (tertiary/aromatic N) is 4. The second-order valence-electron chi connectivity index (χ2n) is 15.2. The molecule has 1 N–H and O–H groups in total. The zero-order valence-corrected chi connectivity index (χ0v) is 31.0. The number of nitrogens with one attached hydrogen (secondary N) is 1. The maximum atomic E-state index is 14.9. The van der Waals surface area contributed by atoms with Crippen LogP contribution < -0.4 is 15.2 Å². The minimum atomic E-state index is -2.67. The lowest BCUT2D eigenvalue weighted by atomic mass is 9.66. The van der Waals surface area contributed by atoms with Crippen LogP contribution in [0, 0.1) is 5.41 Å². The van der Waals surface area contributed by atoms with Crippen LogP contribution in [-0.2, 0) is 26.3 Å². The van der Waals surface area contributed by atoms with E-state index in [1.807, 2.05) is 108 Å². The van der Waals surface area contributed by atoms with Gasteiger partial charge in [0.05, 0.1) is 22.0 Å². The first-order valence-electron chi connectivity index (χ1n) is 19.4. The van der Waals surface area contributed by atoms with E-state index in [4.69, 9.17) is 9.84 Å². The largest absolute Gasteiger partial charge is 0.460 e. The molecule has 10 heteroatoms. The fourth-order valence-electron chi connectivity index (χ4n) is 9.18. The molecule has 56 heavy (non-hydrogen) atoms. The van der Waals surface area contributed by atoms with Crippen molar-refractivity contribution in [3.63, 3.8) is 0 Å². The number of halogens is 2. The Kier molecular flexibility index (Phi) is 9.16. The fourth-order valence-corrected chi connectivity index (χ4v) is 9.18. The van der Waals surface area contributed by atoms with E-state index in [2.05, 4.69) is 41.7 Å². The third kappa shape index (κ3) is 6.03. The second-order valence-corrected chi connectivity index (χ2v) is 15.2. The van der Waals surface area contributed by atoms with Gasteiger partial charge in [-0.25, -0.2) is 13.8 Å². The Bertz CT molecular complexity index is 2320. The van der Waals surface area contributed by atoms with Crippen molar-refractivity contribution in [3.05, 3.63) is 167 Å². The van der Waals surface area contributed by atoms with Gasteiger partial charge in [0.25, 0.3) is 11.8 Å². The van der Waals surface area contributed by atoms with Crippen LogP contribution in [0.1, 0.15) is 53.6 Å². The van der Waals surface area contributed by atoms with Gasteiger partial charge in [-0.15, -0.1) is 0 Å². The highest BCUT2D eigenvalue weighted by molar-refractivity contribution is 6.00. The summed E-state index contributed by atoms with van der Waals surface area (Å²) in [5, 5.41) is 11.3. The molecule has 3 saturated heterocycles. The maximum Gasteiger partial charge on any atom is 0.324 e. The number of hydrogen-bond acceptors (Lipinski definition) is 6. The molecule has 0 radical (unpaired) electrons. The number of esters is 1. The van der Waals surface area contributed by atoms with Crippen LogP contribution in [0.2, 0.25) is 0 Å². The number of alkyl halides is 2. The molecule has 0 saturated carbocycles. The van der Waals surface area contributed by atoms with Crippen molar-refractivity contribution in [2.24, 2.45) is 5.41 Å². The molecular formula is C46H43F2N5O3. The average Bonchev–Trinajstić information content (AvgIpc) is 3.94. The molecule has 2 atom stereocenters. The molecule has 9 rings (SSSR count). The van der Waals surface area contributed by atoms with Gasteiger partial charge in [0, 0.05) is 43.5 Å². The van der Waals surface area contributed by atoms with E-state index < -0.39 is 28.8 Å². The highest BCUT2D eigenvalue weighted by Gasteiger charge is 2.59. The summed E-state index contributed by atoms with van der Waals surface area (Å²) in [6, 6.07) is 45.3. The third-order valence-corrected chi connectivity index (χ3v) is 12.1. The van der Waals surface area contributed by atoms with Crippen molar-refractivity contribution in [2.45, 2.75) is 49.7 Å². The summed E-state index contributed by atoms with van der Waals surface area (Å²) in [5.41, 5.74) is 4.13. The van der Waals surface area contributed by atoms with E-state index in [0.29, 0.717) is 25.9 Å². The van der Waals surface area contributed by atoms with Gasteiger partial charge in [0.2, 0.25) is 0 Å². The minimum Gasteiger partial charge on any atom is -0.460 e. The zero-order chi connectivity index (χ0) is 38.3. The molecular weight excluding hydrogens is 709 g/mol. The minimum absolute atomic E-state index is 0.130. The normalized spacial score (nSPS) is 20.9. The van der Waals surface area contributed by atoms with E-state index in [0.717, 1.165) is 44.5 Å². The molecule has 1 unspecified atom stereocenters. The number of piperidine rings is 1. The van der Waals surface area contributed by atoms with Crippen LogP contribution in [0.3, 0.4) is 0 Å². The Balaban J connectivity index is 1.17. The van der Waals surface area contributed by atoms with Crippen molar-refractivity contribution >= 4 is 28.5 Å². The first-order valence-corrected chi connectivity index (χ1v) is 19.4. The Hall–Kier alpha value is -5.87. The van der Waals surface area contributed by atoms with Gasteiger partial charge in [-0.2, -0.15) is 9.89 Å². The molecule has 1 amide bonds. The van der Waals surface area contributed by atoms with Crippen molar-refractivity contribution in [3.8, 4) is 0 Å². The Labute approximate surface area is 324 Å². The average molecular weight is 752 g/mol. The third-order valence-electron chi connectivity index (χ3n) is 12.1. The standard InChI is InChI=1S/C46H43F2N5O3/c47-45(48)25-28-51(29-26-45)37-20-12-19-36(31-37)46(34-15-6-2-7-16-34,35-17-8-3-9-18-35)40-38-21-10-11-22-39(38)53(50-40)52-30-24-44(43(52)55)23-27-49-41(44)42(54)56-32-33-13-4-1-5-14-33/h1-22,31,41,49H,23-30,32H2/t41-,44?/m0/s1. The molecule has 4 heterocycles. The molecule has 3 fully saturated rings. The van der Waals surface area contributed by atoms with Crippen LogP contribution in [0.4, 0.5) is 14.5 Å². The number of ether oxygens (including phenoxy) is 1. The number of anilines is 1. The number of aromatic nitrogens is 2. The van der Waals surface area contributed by atoms with Crippen molar-refractivity contribution in [1.29, 1.82) is 0 Å². The predicted octanol–water partition coefficient (Wildman–Crippen LogP) is 7.61. The molecule has 3 aliphatic rings. The summed E-state index contributed by atoms with van der Waals surface area (Å²) in [6.45, 7) is 1.53. The van der Waals surface area contributed by atoms with Gasteiger partial charge in [-0.05, 0) is 59.8 Å². The predicted molar refractivity (Wildman–Crippen MR) is 212 cm³/mol. The lowest BCUT2D eigenvalue weighted by Crippen LogP contribution is -2.50. The van der Waals surface area contributed by atoms with E-state index in [1.165, 1.54) is 0 Å². The number of fused-ring (bicyclic) bond motifs is 1. The molecule has 5 aromatic carbocycles. The van der Waals surface area contributed by atoms with Gasteiger partial charge < -0.3 is 15.0 Å². The van der Waals surface area contributed by atoms with Crippen LogP contribution in [-0.4, -0.2) is 59.9 Å². The van der Waals surface area contributed by atoms with Gasteiger partial charge in [0.15, 0.2) is 0 Å². The van der Waals surface area contributed by atoms with Gasteiger partial charge >= 0.3 is 5.97 Å². The second kappa shape index (κ2) is 14.3. The monoisotopic (exact) mass is 751 g/mol. The van der Waals surface area contributed by atoms with E-state index in [-0.39, 0.29) is 38.4 Å². The highest BCUT2D eigenvalue weighted by atomic mass is 19.3. The summed E-state index contributed by atoms with van der Waals surface area (Å²) in [5.74, 6) is -3.27. The summed E-state index contributed by atoms with van der Waals surface area (Å²) in [6.07, 6.45) is 0.585. The van der Waals surface area contributed by atoms with Gasteiger partial charge in [-0.3, -0.25) is 9.59 Å².